The molecule has 0 spiro atoms. The third kappa shape index (κ3) is 2.59. The van der Waals surface area contributed by atoms with Crippen LogP contribution in [0.15, 0.2) is 18.2 Å². The smallest absolute Gasteiger partial charge is 0.163 e. The number of piperidine rings is 1. The summed E-state index contributed by atoms with van der Waals surface area (Å²) in [7, 11) is 0. The molecule has 1 heterocycles. The molecule has 0 saturated carbocycles. The van der Waals surface area contributed by atoms with E-state index in [1.54, 1.807) is 12.1 Å². The summed E-state index contributed by atoms with van der Waals surface area (Å²) in [6.45, 7) is 4.69. The van der Waals surface area contributed by atoms with E-state index in [0.29, 0.717) is 18.0 Å². The fourth-order valence-electron chi connectivity index (χ4n) is 2.34. The first kappa shape index (κ1) is 11.5. The number of benzene rings is 1. The Bertz CT molecular complexity index is 365. The fraction of sp³-hybridized carbons (Fsp3) is 0.538. The molecule has 16 heavy (non-hydrogen) atoms. The molecule has 2 rings (SSSR count). The van der Waals surface area contributed by atoms with Crippen molar-refractivity contribution in [1.82, 2.24) is 4.90 Å². The first-order chi connectivity index (χ1) is 7.66. The molecule has 1 aliphatic heterocycles. The third-order valence-corrected chi connectivity index (χ3v) is 3.17. The number of likely N-dealkylation sites (tertiary alicyclic amines) is 1. The number of hydrogen-bond acceptors (Lipinski definition) is 1. The minimum absolute atomic E-state index is 0.467. The lowest BCUT2D eigenvalue weighted by molar-refractivity contribution is 0.174. The van der Waals surface area contributed by atoms with Gasteiger partial charge in [-0.3, -0.25) is 4.90 Å². The lowest BCUT2D eigenvalue weighted by Crippen LogP contribution is -2.34. The lowest BCUT2D eigenvalue weighted by Gasteiger charge is -2.30. The van der Waals surface area contributed by atoms with Crippen molar-refractivity contribution in [2.45, 2.75) is 26.3 Å². The van der Waals surface area contributed by atoms with Crippen LogP contribution < -0.4 is 0 Å². The quantitative estimate of drug-likeness (QED) is 0.747. The molecule has 1 aromatic rings. The molecule has 1 aliphatic rings. The first-order valence-electron chi connectivity index (χ1n) is 5.82. The first-order valence-corrected chi connectivity index (χ1v) is 5.82. The van der Waals surface area contributed by atoms with Gasteiger partial charge in [-0.15, -0.1) is 0 Å². The van der Waals surface area contributed by atoms with E-state index < -0.39 is 11.6 Å². The second kappa shape index (κ2) is 4.91. The molecular weight excluding hydrogens is 208 g/mol. The van der Waals surface area contributed by atoms with E-state index in [9.17, 15) is 8.78 Å². The summed E-state index contributed by atoms with van der Waals surface area (Å²) >= 11 is 0. The van der Waals surface area contributed by atoms with Crippen molar-refractivity contribution in [2.75, 3.05) is 13.1 Å². The maximum absolute atomic E-state index is 13.5. The molecule has 1 aromatic carbocycles. The number of hydrogen-bond donors (Lipinski definition) is 0. The van der Waals surface area contributed by atoms with Crippen LogP contribution in [0.2, 0.25) is 0 Å². The Kier molecular flexibility index (Phi) is 3.54. The molecule has 1 fully saturated rings. The summed E-state index contributed by atoms with van der Waals surface area (Å²) < 4.78 is 26.5. The second-order valence-electron chi connectivity index (χ2n) is 4.70. The van der Waals surface area contributed by atoms with Crippen LogP contribution in [0.4, 0.5) is 8.78 Å². The Morgan fingerprint density at radius 3 is 2.94 bits per heavy atom. The standard InChI is InChI=1S/C13H17F2N/c1-10-4-3-7-16(8-10)9-11-5-2-6-12(14)13(11)15/h2,5-6,10H,3-4,7-9H2,1H3. The van der Waals surface area contributed by atoms with Gasteiger partial charge >= 0.3 is 0 Å². The molecular formula is C13H17F2N. The van der Waals surface area contributed by atoms with Gasteiger partial charge in [0.2, 0.25) is 0 Å². The largest absolute Gasteiger partial charge is 0.299 e. The molecule has 1 nitrogen and oxygen atoms in total. The van der Waals surface area contributed by atoms with Crippen molar-refractivity contribution in [3.63, 3.8) is 0 Å². The van der Waals surface area contributed by atoms with E-state index in [1.807, 2.05) is 0 Å². The topological polar surface area (TPSA) is 3.24 Å². The zero-order valence-electron chi connectivity index (χ0n) is 9.55. The zero-order valence-corrected chi connectivity index (χ0v) is 9.55. The molecule has 0 radical (unpaired) electrons. The number of nitrogens with zero attached hydrogens (tertiary/aromatic N) is 1. The predicted molar refractivity (Wildman–Crippen MR) is 60.0 cm³/mol. The van der Waals surface area contributed by atoms with Crippen LogP contribution in [-0.2, 0) is 6.54 Å². The number of rotatable bonds is 2. The van der Waals surface area contributed by atoms with Crippen molar-refractivity contribution < 1.29 is 8.78 Å². The van der Waals surface area contributed by atoms with Gasteiger partial charge in [0, 0.05) is 18.7 Å². The van der Waals surface area contributed by atoms with Crippen LogP contribution in [-0.4, -0.2) is 18.0 Å². The maximum atomic E-state index is 13.5. The van der Waals surface area contributed by atoms with Gasteiger partial charge in [-0.1, -0.05) is 19.1 Å². The summed E-state index contributed by atoms with van der Waals surface area (Å²) in [6, 6.07) is 4.40. The van der Waals surface area contributed by atoms with Crippen LogP contribution in [0.1, 0.15) is 25.3 Å². The summed E-state index contributed by atoms with van der Waals surface area (Å²) in [4.78, 5) is 2.20. The van der Waals surface area contributed by atoms with Crippen LogP contribution in [0.5, 0.6) is 0 Å². The lowest BCUT2D eigenvalue weighted by atomic mass is 10.00. The van der Waals surface area contributed by atoms with E-state index in [-0.39, 0.29) is 0 Å². The summed E-state index contributed by atoms with van der Waals surface area (Å²) in [5, 5.41) is 0. The van der Waals surface area contributed by atoms with Crippen LogP contribution >= 0.6 is 0 Å². The molecule has 1 atom stereocenters. The molecule has 1 saturated heterocycles. The minimum Gasteiger partial charge on any atom is -0.299 e. The zero-order chi connectivity index (χ0) is 11.5. The van der Waals surface area contributed by atoms with Crippen molar-refractivity contribution in [1.29, 1.82) is 0 Å². The number of halogens is 2. The van der Waals surface area contributed by atoms with Crippen LogP contribution in [0, 0.1) is 17.6 Å². The SMILES string of the molecule is CC1CCCN(Cc2cccc(F)c2F)C1. The highest BCUT2D eigenvalue weighted by Crippen LogP contribution is 2.19. The van der Waals surface area contributed by atoms with Crippen molar-refractivity contribution in [3.8, 4) is 0 Å². The van der Waals surface area contributed by atoms with Crippen LogP contribution in [0.25, 0.3) is 0 Å². The van der Waals surface area contributed by atoms with Crippen molar-refractivity contribution in [3.05, 3.63) is 35.4 Å². The molecule has 3 heteroatoms. The van der Waals surface area contributed by atoms with E-state index in [0.717, 1.165) is 25.6 Å². The van der Waals surface area contributed by atoms with E-state index in [2.05, 4.69) is 11.8 Å². The monoisotopic (exact) mass is 225 g/mol. The Morgan fingerprint density at radius 2 is 2.19 bits per heavy atom. The minimum atomic E-state index is -0.748. The highest BCUT2D eigenvalue weighted by molar-refractivity contribution is 5.18. The van der Waals surface area contributed by atoms with Gasteiger partial charge in [0.15, 0.2) is 11.6 Å². The third-order valence-electron chi connectivity index (χ3n) is 3.17. The van der Waals surface area contributed by atoms with E-state index in [4.69, 9.17) is 0 Å². The van der Waals surface area contributed by atoms with Crippen molar-refractivity contribution in [2.24, 2.45) is 5.92 Å². The molecule has 1 unspecified atom stereocenters. The van der Waals surface area contributed by atoms with Gasteiger partial charge in [-0.25, -0.2) is 8.78 Å². The Balaban J connectivity index is 2.05. The van der Waals surface area contributed by atoms with E-state index >= 15 is 0 Å². The molecule has 0 aliphatic carbocycles. The second-order valence-corrected chi connectivity index (χ2v) is 4.70. The Hall–Kier alpha value is -0.960. The van der Waals surface area contributed by atoms with Crippen LogP contribution in [0.3, 0.4) is 0 Å². The maximum Gasteiger partial charge on any atom is 0.163 e. The summed E-state index contributed by atoms with van der Waals surface area (Å²) in [5.74, 6) is -0.784. The molecule has 0 bridgehead atoms. The average molecular weight is 225 g/mol. The van der Waals surface area contributed by atoms with Gasteiger partial charge < -0.3 is 0 Å². The van der Waals surface area contributed by atoms with Gasteiger partial charge in [0.25, 0.3) is 0 Å². The van der Waals surface area contributed by atoms with Crippen molar-refractivity contribution >= 4 is 0 Å². The highest BCUT2D eigenvalue weighted by Gasteiger charge is 2.18. The van der Waals surface area contributed by atoms with Gasteiger partial charge in [0.05, 0.1) is 0 Å². The van der Waals surface area contributed by atoms with Gasteiger partial charge in [0.1, 0.15) is 0 Å². The fourth-order valence-corrected chi connectivity index (χ4v) is 2.34. The summed E-state index contributed by atoms with van der Waals surface area (Å²) in [5.41, 5.74) is 0.467. The van der Waals surface area contributed by atoms with E-state index in [1.165, 1.54) is 6.42 Å². The normalized spacial score (nSPS) is 22.3. The highest BCUT2D eigenvalue weighted by atomic mass is 19.2. The Morgan fingerprint density at radius 1 is 1.38 bits per heavy atom. The predicted octanol–water partition coefficient (Wildman–Crippen LogP) is 3.20. The Labute approximate surface area is 95.1 Å². The summed E-state index contributed by atoms with van der Waals surface area (Å²) in [6.07, 6.45) is 2.39. The molecule has 0 aromatic heterocycles. The van der Waals surface area contributed by atoms with Gasteiger partial charge in [-0.2, -0.15) is 0 Å². The average Bonchev–Trinajstić information content (AvgIpc) is 2.25. The van der Waals surface area contributed by atoms with Gasteiger partial charge in [-0.05, 0) is 31.4 Å². The molecule has 0 N–H and O–H groups in total. The molecule has 88 valence electrons. The molecule has 0 amide bonds.